The second kappa shape index (κ2) is 7.34. The number of nitrogens with two attached hydrogens (primary N) is 1. The van der Waals surface area contributed by atoms with Gasteiger partial charge in [-0.3, -0.25) is 0 Å². The first-order valence-corrected chi connectivity index (χ1v) is 8.35. The largest absolute Gasteiger partial charge is 0.330 e. The van der Waals surface area contributed by atoms with Crippen LogP contribution in [0.2, 0.25) is 0 Å². The Balaban J connectivity index is 2.25. The average Bonchev–Trinajstić information content (AvgIpc) is 2.29. The van der Waals surface area contributed by atoms with Crippen LogP contribution in [0.25, 0.3) is 0 Å². The van der Waals surface area contributed by atoms with Crippen molar-refractivity contribution in [3.8, 4) is 0 Å². The van der Waals surface area contributed by atoms with E-state index in [9.17, 15) is 8.42 Å². The molecule has 0 aromatic rings. The Kier molecular flexibility index (Phi) is 6.44. The molecule has 0 amide bonds. The van der Waals surface area contributed by atoms with Gasteiger partial charge in [0.05, 0.1) is 5.75 Å². The molecule has 102 valence electrons. The summed E-state index contributed by atoms with van der Waals surface area (Å²) in [7, 11) is -2.99. The van der Waals surface area contributed by atoms with Crippen LogP contribution in [0.15, 0.2) is 0 Å². The molecule has 0 saturated carbocycles. The molecule has 1 heterocycles. The van der Waals surface area contributed by atoms with Crippen molar-refractivity contribution in [2.75, 3.05) is 25.4 Å². The fourth-order valence-corrected chi connectivity index (χ4v) is 3.77. The highest BCUT2D eigenvalue weighted by atomic mass is 32.2. The van der Waals surface area contributed by atoms with Crippen molar-refractivity contribution in [1.29, 1.82) is 0 Å². The molecule has 1 fully saturated rings. The molecular weight excluding hydrogens is 236 g/mol. The average molecular weight is 262 g/mol. The molecule has 1 aliphatic heterocycles. The van der Waals surface area contributed by atoms with E-state index in [1.165, 1.54) is 0 Å². The maximum absolute atomic E-state index is 12.0. The van der Waals surface area contributed by atoms with Gasteiger partial charge in [-0.25, -0.2) is 12.7 Å². The summed E-state index contributed by atoms with van der Waals surface area (Å²) < 4.78 is 25.7. The van der Waals surface area contributed by atoms with Crippen molar-refractivity contribution in [1.82, 2.24) is 4.31 Å². The van der Waals surface area contributed by atoms with Gasteiger partial charge in [0, 0.05) is 13.1 Å². The number of sulfonamides is 1. The van der Waals surface area contributed by atoms with Gasteiger partial charge in [0.1, 0.15) is 0 Å². The second-order valence-corrected chi connectivity index (χ2v) is 7.19. The molecule has 0 bridgehead atoms. The molecular formula is C12H26N2O2S. The van der Waals surface area contributed by atoms with E-state index in [1.54, 1.807) is 4.31 Å². The van der Waals surface area contributed by atoms with Crippen molar-refractivity contribution < 1.29 is 8.42 Å². The molecule has 0 radical (unpaired) electrons. The summed E-state index contributed by atoms with van der Waals surface area (Å²) in [6.07, 6.45) is 5.80. The van der Waals surface area contributed by atoms with E-state index < -0.39 is 10.0 Å². The fraction of sp³-hybridized carbons (Fsp3) is 1.00. The SMILES string of the molecule is CC1CCN(S(=O)(=O)CCCCCCN)CC1. The summed E-state index contributed by atoms with van der Waals surface area (Å²) in [5.74, 6) is 0.984. The summed E-state index contributed by atoms with van der Waals surface area (Å²) in [6.45, 7) is 4.33. The van der Waals surface area contributed by atoms with Gasteiger partial charge in [-0.15, -0.1) is 0 Å². The fourth-order valence-electron chi connectivity index (χ4n) is 2.17. The first-order valence-electron chi connectivity index (χ1n) is 6.74. The zero-order chi connectivity index (χ0) is 12.7. The van der Waals surface area contributed by atoms with Crippen LogP contribution in [0.1, 0.15) is 45.4 Å². The van der Waals surface area contributed by atoms with Gasteiger partial charge >= 0.3 is 0 Å². The Morgan fingerprint density at radius 2 is 1.71 bits per heavy atom. The molecule has 4 nitrogen and oxygen atoms in total. The van der Waals surface area contributed by atoms with Gasteiger partial charge in [-0.2, -0.15) is 0 Å². The number of hydrogen-bond donors (Lipinski definition) is 1. The molecule has 0 unspecified atom stereocenters. The Labute approximate surface area is 106 Å². The van der Waals surface area contributed by atoms with E-state index in [1.807, 2.05) is 0 Å². The zero-order valence-corrected chi connectivity index (χ0v) is 11.7. The van der Waals surface area contributed by atoms with Crippen LogP contribution in [0.4, 0.5) is 0 Å². The van der Waals surface area contributed by atoms with E-state index in [0.717, 1.165) is 38.5 Å². The lowest BCUT2D eigenvalue weighted by Gasteiger charge is -2.29. The van der Waals surface area contributed by atoms with Crippen molar-refractivity contribution in [2.45, 2.75) is 45.4 Å². The molecule has 0 atom stereocenters. The first-order chi connectivity index (χ1) is 8.06. The van der Waals surface area contributed by atoms with Gasteiger partial charge in [0.15, 0.2) is 0 Å². The summed E-state index contributed by atoms with van der Waals surface area (Å²) in [5.41, 5.74) is 5.40. The Morgan fingerprint density at radius 3 is 2.29 bits per heavy atom. The lowest BCUT2D eigenvalue weighted by atomic mass is 10.0. The molecule has 0 aromatic heterocycles. The summed E-state index contributed by atoms with van der Waals surface area (Å²) >= 11 is 0. The van der Waals surface area contributed by atoms with E-state index in [0.29, 0.717) is 31.3 Å². The van der Waals surface area contributed by atoms with Gasteiger partial charge < -0.3 is 5.73 Å². The highest BCUT2D eigenvalue weighted by Gasteiger charge is 2.25. The van der Waals surface area contributed by atoms with Gasteiger partial charge in [0.2, 0.25) is 10.0 Å². The Hall–Kier alpha value is -0.130. The molecule has 1 rings (SSSR count). The third-order valence-electron chi connectivity index (χ3n) is 3.49. The summed E-state index contributed by atoms with van der Waals surface area (Å²) in [4.78, 5) is 0. The Morgan fingerprint density at radius 1 is 1.12 bits per heavy atom. The van der Waals surface area contributed by atoms with Crippen LogP contribution in [0.3, 0.4) is 0 Å². The number of nitrogens with zero attached hydrogens (tertiary/aromatic N) is 1. The van der Waals surface area contributed by atoms with E-state index in [2.05, 4.69) is 6.92 Å². The van der Waals surface area contributed by atoms with Crippen molar-refractivity contribution in [3.05, 3.63) is 0 Å². The van der Waals surface area contributed by atoms with Gasteiger partial charge in [-0.05, 0) is 38.1 Å². The molecule has 0 aromatic carbocycles. The highest BCUT2D eigenvalue weighted by molar-refractivity contribution is 7.89. The Bertz CT molecular complexity index is 296. The molecule has 0 spiro atoms. The van der Waals surface area contributed by atoms with Crippen LogP contribution in [-0.2, 0) is 10.0 Å². The molecule has 17 heavy (non-hydrogen) atoms. The monoisotopic (exact) mass is 262 g/mol. The third-order valence-corrected chi connectivity index (χ3v) is 5.45. The predicted molar refractivity (Wildman–Crippen MR) is 71.3 cm³/mol. The van der Waals surface area contributed by atoms with Crippen molar-refractivity contribution >= 4 is 10.0 Å². The van der Waals surface area contributed by atoms with E-state index in [-0.39, 0.29) is 0 Å². The normalized spacial score (nSPS) is 19.6. The minimum absolute atomic E-state index is 0.311. The first kappa shape index (κ1) is 14.9. The van der Waals surface area contributed by atoms with Crippen LogP contribution in [0, 0.1) is 5.92 Å². The van der Waals surface area contributed by atoms with Crippen LogP contribution < -0.4 is 5.73 Å². The smallest absolute Gasteiger partial charge is 0.214 e. The maximum Gasteiger partial charge on any atom is 0.214 e. The van der Waals surface area contributed by atoms with Crippen molar-refractivity contribution in [3.63, 3.8) is 0 Å². The maximum atomic E-state index is 12.0. The molecule has 0 aliphatic carbocycles. The lowest BCUT2D eigenvalue weighted by Crippen LogP contribution is -2.39. The summed E-state index contributed by atoms with van der Waals surface area (Å²) in [6, 6.07) is 0. The van der Waals surface area contributed by atoms with Gasteiger partial charge in [-0.1, -0.05) is 19.8 Å². The molecule has 2 N–H and O–H groups in total. The number of hydrogen-bond acceptors (Lipinski definition) is 3. The predicted octanol–water partition coefficient (Wildman–Crippen LogP) is 1.57. The van der Waals surface area contributed by atoms with Crippen LogP contribution in [-0.4, -0.2) is 38.1 Å². The zero-order valence-electron chi connectivity index (χ0n) is 10.9. The lowest BCUT2D eigenvalue weighted by molar-refractivity contribution is 0.287. The minimum atomic E-state index is -2.99. The van der Waals surface area contributed by atoms with Gasteiger partial charge in [0.25, 0.3) is 0 Å². The summed E-state index contributed by atoms with van der Waals surface area (Å²) in [5, 5.41) is 0. The number of piperidine rings is 1. The molecule has 1 aliphatic rings. The van der Waals surface area contributed by atoms with E-state index in [4.69, 9.17) is 5.73 Å². The number of rotatable bonds is 7. The minimum Gasteiger partial charge on any atom is -0.330 e. The topological polar surface area (TPSA) is 63.4 Å². The van der Waals surface area contributed by atoms with Crippen LogP contribution >= 0.6 is 0 Å². The van der Waals surface area contributed by atoms with Crippen molar-refractivity contribution in [2.24, 2.45) is 11.7 Å². The highest BCUT2D eigenvalue weighted by Crippen LogP contribution is 2.19. The number of unbranched alkanes of at least 4 members (excludes halogenated alkanes) is 3. The standard InChI is InChI=1S/C12H26N2O2S/c1-12-6-9-14(10-7-12)17(15,16)11-5-3-2-4-8-13/h12H,2-11,13H2,1H3. The molecule has 1 saturated heterocycles. The third kappa shape index (κ3) is 5.36. The van der Waals surface area contributed by atoms with E-state index >= 15 is 0 Å². The van der Waals surface area contributed by atoms with Crippen LogP contribution in [0.5, 0.6) is 0 Å². The molecule has 5 heteroatoms. The second-order valence-electron chi connectivity index (χ2n) is 5.10. The quantitative estimate of drug-likeness (QED) is 0.708.